The van der Waals surface area contributed by atoms with Gasteiger partial charge in [0.1, 0.15) is 6.07 Å². The lowest BCUT2D eigenvalue weighted by Crippen LogP contribution is -1.84. The van der Waals surface area contributed by atoms with Gasteiger partial charge in [-0.25, -0.2) is 0 Å². The van der Waals surface area contributed by atoms with Crippen LogP contribution in [-0.4, -0.2) is 0 Å². The molecule has 0 aliphatic rings. The number of hydrogen-bond donors (Lipinski definition) is 0. The largest absolute Gasteiger partial charge is 0.192 e. The highest BCUT2D eigenvalue weighted by Gasteiger charge is 2.04. The van der Waals surface area contributed by atoms with E-state index in [1.54, 1.807) is 23.9 Å². The SMILES string of the molecule is N#Cc1ccc(Cl)cc1SCc1ccc(Cl)cc1. The highest BCUT2D eigenvalue weighted by Crippen LogP contribution is 2.28. The van der Waals surface area contributed by atoms with E-state index in [2.05, 4.69) is 6.07 Å². The van der Waals surface area contributed by atoms with Gasteiger partial charge in [-0.3, -0.25) is 0 Å². The fourth-order valence-corrected chi connectivity index (χ4v) is 2.81. The third kappa shape index (κ3) is 3.43. The highest BCUT2D eigenvalue weighted by atomic mass is 35.5. The molecule has 18 heavy (non-hydrogen) atoms. The Bertz CT molecular complexity index is 588. The van der Waals surface area contributed by atoms with Crippen molar-refractivity contribution in [2.24, 2.45) is 0 Å². The van der Waals surface area contributed by atoms with E-state index in [1.165, 1.54) is 0 Å². The number of nitriles is 1. The van der Waals surface area contributed by atoms with Crippen molar-refractivity contribution < 1.29 is 0 Å². The van der Waals surface area contributed by atoms with Gasteiger partial charge in [-0.1, -0.05) is 35.3 Å². The topological polar surface area (TPSA) is 23.8 Å². The van der Waals surface area contributed by atoms with Crippen molar-refractivity contribution in [1.29, 1.82) is 5.26 Å². The minimum absolute atomic E-state index is 0.646. The summed E-state index contributed by atoms with van der Waals surface area (Å²) in [6.45, 7) is 0. The smallest absolute Gasteiger partial charge is 0.100 e. The molecule has 4 heteroatoms. The first-order valence-corrected chi connectivity index (χ1v) is 7.00. The summed E-state index contributed by atoms with van der Waals surface area (Å²) in [4.78, 5) is 0.903. The van der Waals surface area contributed by atoms with Crippen LogP contribution >= 0.6 is 35.0 Å². The van der Waals surface area contributed by atoms with Gasteiger partial charge in [0.25, 0.3) is 0 Å². The molecule has 2 rings (SSSR count). The second kappa shape index (κ2) is 6.15. The van der Waals surface area contributed by atoms with Crippen molar-refractivity contribution in [3.8, 4) is 6.07 Å². The van der Waals surface area contributed by atoms with E-state index in [-0.39, 0.29) is 0 Å². The number of benzene rings is 2. The Hall–Kier alpha value is -1.14. The number of thioether (sulfide) groups is 1. The van der Waals surface area contributed by atoms with Gasteiger partial charge >= 0.3 is 0 Å². The van der Waals surface area contributed by atoms with Crippen molar-refractivity contribution >= 4 is 35.0 Å². The van der Waals surface area contributed by atoms with E-state index >= 15 is 0 Å². The molecule has 90 valence electrons. The zero-order chi connectivity index (χ0) is 13.0. The van der Waals surface area contributed by atoms with Crippen molar-refractivity contribution in [2.75, 3.05) is 0 Å². The van der Waals surface area contributed by atoms with Crippen LogP contribution in [0.25, 0.3) is 0 Å². The Kier molecular flexibility index (Phi) is 4.54. The normalized spacial score (nSPS) is 10.1. The van der Waals surface area contributed by atoms with Crippen LogP contribution in [0.5, 0.6) is 0 Å². The Morgan fingerprint density at radius 3 is 2.33 bits per heavy atom. The number of rotatable bonds is 3. The van der Waals surface area contributed by atoms with Crippen LogP contribution in [0.4, 0.5) is 0 Å². The molecule has 0 atom stereocenters. The monoisotopic (exact) mass is 293 g/mol. The van der Waals surface area contributed by atoms with Gasteiger partial charge in [0.2, 0.25) is 0 Å². The molecule has 0 aliphatic carbocycles. The van der Waals surface area contributed by atoms with Crippen LogP contribution in [0, 0.1) is 11.3 Å². The van der Waals surface area contributed by atoms with E-state index in [9.17, 15) is 0 Å². The first-order chi connectivity index (χ1) is 8.69. The third-order valence-corrected chi connectivity index (χ3v) is 3.99. The second-order valence-corrected chi connectivity index (χ2v) is 5.56. The molecule has 0 N–H and O–H groups in total. The van der Waals surface area contributed by atoms with Crippen molar-refractivity contribution in [3.05, 3.63) is 63.6 Å². The van der Waals surface area contributed by atoms with Crippen LogP contribution in [0.1, 0.15) is 11.1 Å². The molecule has 0 saturated heterocycles. The molecule has 0 bridgehead atoms. The van der Waals surface area contributed by atoms with Crippen LogP contribution in [0.15, 0.2) is 47.4 Å². The first kappa shape index (κ1) is 13.3. The molecule has 0 aliphatic heterocycles. The lowest BCUT2D eigenvalue weighted by Gasteiger charge is -2.05. The van der Waals surface area contributed by atoms with Crippen LogP contribution in [0.2, 0.25) is 10.0 Å². The third-order valence-electron chi connectivity index (χ3n) is 2.37. The Morgan fingerprint density at radius 2 is 1.67 bits per heavy atom. The Morgan fingerprint density at radius 1 is 1.00 bits per heavy atom. The van der Waals surface area contributed by atoms with Crippen molar-refractivity contribution in [1.82, 2.24) is 0 Å². The molecule has 0 radical (unpaired) electrons. The fraction of sp³-hybridized carbons (Fsp3) is 0.0714. The van der Waals surface area contributed by atoms with Crippen LogP contribution in [-0.2, 0) is 5.75 Å². The maximum absolute atomic E-state index is 9.02. The van der Waals surface area contributed by atoms with E-state index in [0.29, 0.717) is 10.6 Å². The van der Waals surface area contributed by atoms with Gasteiger partial charge in [-0.05, 0) is 35.9 Å². The summed E-state index contributed by atoms with van der Waals surface area (Å²) in [5, 5.41) is 10.4. The molecule has 2 aromatic carbocycles. The molecule has 0 spiro atoms. The van der Waals surface area contributed by atoms with Gasteiger partial charge in [-0.2, -0.15) is 5.26 Å². The summed E-state index contributed by atoms with van der Waals surface area (Å²) < 4.78 is 0. The standard InChI is InChI=1S/C14H9Cl2NS/c15-12-4-1-10(2-5-12)9-18-14-7-13(16)6-3-11(14)8-17/h1-7H,9H2. The van der Waals surface area contributed by atoms with Gasteiger partial charge < -0.3 is 0 Å². The maximum Gasteiger partial charge on any atom is 0.100 e. The lowest BCUT2D eigenvalue weighted by molar-refractivity contribution is 1.34. The molecule has 0 saturated carbocycles. The molecule has 0 amide bonds. The van der Waals surface area contributed by atoms with Crippen LogP contribution < -0.4 is 0 Å². The fourth-order valence-electron chi connectivity index (χ4n) is 1.45. The molecular weight excluding hydrogens is 285 g/mol. The molecular formula is C14H9Cl2NS. The molecule has 0 aromatic heterocycles. The number of nitrogens with zero attached hydrogens (tertiary/aromatic N) is 1. The summed E-state index contributed by atoms with van der Waals surface area (Å²) in [6, 6.07) is 15.1. The van der Waals surface area contributed by atoms with E-state index in [4.69, 9.17) is 28.5 Å². The van der Waals surface area contributed by atoms with Crippen LogP contribution in [0.3, 0.4) is 0 Å². The molecule has 2 aromatic rings. The minimum Gasteiger partial charge on any atom is -0.192 e. The summed E-state index contributed by atoms with van der Waals surface area (Å²) in [7, 11) is 0. The minimum atomic E-state index is 0.646. The number of halogens is 2. The average Bonchev–Trinajstić information content (AvgIpc) is 2.38. The Balaban J connectivity index is 2.13. The second-order valence-electron chi connectivity index (χ2n) is 3.67. The lowest BCUT2D eigenvalue weighted by atomic mass is 10.2. The first-order valence-electron chi connectivity index (χ1n) is 5.26. The van der Waals surface area contributed by atoms with E-state index in [0.717, 1.165) is 21.2 Å². The molecule has 0 fully saturated rings. The van der Waals surface area contributed by atoms with E-state index < -0.39 is 0 Å². The highest BCUT2D eigenvalue weighted by molar-refractivity contribution is 7.98. The molecule has 1 nitrogen and oxygen atoms in total. The average molecular weight is 294 g/mol. The van der Waals surface area contributed by atoms with Crippen molar-refractivity contribution in [3.63, 3.8) is 0 Å². The summed E-state index contributed by atoms with van der Waals surface area (Å²) >= 11 is 13.4. The molecule has 0 unspecified atom stereocenters. The molecule has 0 heterocycles. The van der Waals surface area contributed by atoms with Gasteiger partial charge in [-0.15, -0.1) is 11.8 Å². The summed E-state index contributed by atoms with van der Waals surface area (Å²) in [6.07, 6.45) is 0. The number of hydrogen-bond acceptors (Lipinski definition) is 2. The van der Waals surface area contributed by atoms with Crippen molar-refractivity contribution in [2.45, 2.75) is 10.6 Å². The van der Waals surface area contributed by atoms with Gasteiger partial charge in [0.05, 0.1) is 5.56 Å². The Labute approximate surface area is 120 Å². The van der Waals surface area contributed by atoms with E-state index in [1.807, 2.05) is 30.3 Å². The zero-order valence-electron chi connectivity index (χ0n) is 9.36. The quantitative estimate of drug-likeness (QED) is 0.730. The maximum atomic E-state index is 9.02. The predicted molar refractivity (Wildman–Crippen MR) is 77.2 cm³/mol. The predicted octanol–water partition coefficient (Wildman–Crippen LogP) is 5.16. The summed E-state index contributed by atoms with van der Waals surface area (Å²) in [5.41, 5.74) is 1.81. The zero-order valence-corrected chi connectivity index (χ0v) is 11.7. The van der Waals surface area contributed by atoms with Gasteiger partial charge in [0, 0.05) is 20.7 Å². The van der Waals surface area contributed by atoms with Gasteiger partial charge in [0.15, 0.2) is 0 Å². The summed E-state index contributed by atoms with van der Waals surface area (Å²) in [5.74, 6) is 0.784.